The topological polar surface area (TPSA) is 46.2 Å². The lowest BCUT2D eigenvalue weighted by atomic mass is 9.92. The zero-order valence-corrected chi connectivity index (χ0v) is 12.0. The van der Waals surface area contributed by atoms with Crippen LogP contribution in [0.4, 0.5) is 5.69 Å². The van der Waals surface area contributed by atoms with E-state index in [9.17, 15) is 5.11 Å². The van der Waals surface area contributed by atoms with Gasteiger partial charge < -0.3 is 10.8 Å². The molecule has 0 aliphatic heterocycles. The van der Waals surface area contributed by atoms with Gasteiger partial charge in [0.15, 0.2) is 0 Å². The van der Waals surface area contributed by atoms with E-state index in [4.69, 9.17) is 5.73 Å². The predicted molar refractivity (Wildman–Crippen MR) is 93.0 cm³/mol. The zero-order chi connectivity index (χ0) is 15.1. The summed E-state index contributed by atoms with van der Waals surface area (Å²) in [6, 6.07) is 23.7. The van der Waals surface area contributed by atoms with Crippen molar-refractivity contribution in [3.05, 3.63) is 72.8 Å². The number of benzene rings is 4. The number of aromatic hydroxyl groups is 1. The maximum atomic E-state index is 10.5. The molecule has 0 saturated carbocycles. The Bertz CT molecular complexity index is 922. The van der Waals surface area contributed by atoms with Crippen LogP contribution in [0.5, 0.6) is 5.75 Å². The highest BCUT2D eigenvalue weighted by molar-refractivity contribution is 6.11. The molecule has 0 spiro atoms. The largest absolute Gasteiger partial charge is 0.507 e. The van der Waals surface area contributed by atoms with Gasteiger partial charge in [0.1, 0.15) is 5.75 Å². The number of phenolic OH excluding ortho intramolecular Hbond substituents is 1. The number of nitrogens with two attached hydrogens (primary N) is 1. The van der Waals surface area contributed by atoms with Gasteiger partial charge in [0.2, 0.25) is 0 Å². The second kappa shape index (κ2) is 4.78. The van der Waals surface area contributed by atoms with Gasteiger partial charge in [-0.25, -0.2) is 0 Å². The Morgan fingerprint density at radius 2 is 1.14 bits per heavy atom. The van der Waals surface area contributed by atoms with Crippen LogP contribution in [0.15, 0.2) is 72.8 Å². The molecule has 0 aromatic heterocycles. The first kappa shape index (κ1) is 12.7. The fourth-order valence-corrected chi connectivity index (χ4v) is 3.09. The number of anilines is 1. The van der Waals surface area contributed by atoms with E-state index in [1.165, 1.54) is 0 Å². The zero-order valence-electron chi connectivity index (χ0n) is 12.0. The molecule has 0 heterocycles. The van der Waals surface area contributed by atoms with Crippen molar-refractivity contribution in [3.8, 4) is 16.9 Å². The fraction of sp³-hybridized carbons (Fsp3) is 0. The summed E-state index contributed by atoms with van der Waals surface area (Å²) in [5, 5.41) is 14.7. The molecule has 4 aromatic carbocycles. The molecule has 0 atom stereocenters. The minimum absolute atomic E-state index is 0.252. The highest BCUT2D eigenvalue weighted by atomic mass is 16.3. The van der Waals surface area contributed by atoms with Crippen LogP contribution in [0, 0.1) is 0 Å². The number of rotatable bonds is 1. The Morgan fingerprint density at radius 1 is 0.591 bits per heavy atom. The van der Waals surface area contributed by atoms with E-state index in [0.717, 1.165) is 32.7 Å². The quantitative estimate of drug-likeness (QED) is 0.486. The first-order valence-electron chi connectivity index (χ1n) is 7.24. The Kier molecular flexibility index (Phi) is 2.76. The van der Waals surface area contributed by atoms with E-state index in [1.54, 1.807) is 6.07 Å². The van der Waals surface area contributed by atoms with Crippen LogP contribution in [0.25, 0.3) is 32.7 Å². The SMILES string of the molecule is Nc1ccc2ccccc2c1-c1c(O)ccc2ccccc12. The third-order valence-corrected chi connectivity index (χ3v) is 4.12. The Morgan fingerprint density at radius 3 is 1.82 bits per heavy atom. The lowest BCUT2D eigenvalue weighted by Gasteiger charge is -2.14. The van der Waals surface area contributed by atoms with E-state index in [2.05, 4.69) is 6.07 Å². The summed E-state index contributed by atoms with van der Waals surface area (Å²) >= 11 is 0. The standard InChI is InChI=1S/C20H15NO/c21-17-11-9-13-5-1-3-7-15(13)19(17)20-16-8-4-2-6-14(16)10-12-18(20)22/h1-12,22H,21H2. The number of hydrogen-bond donors (Lipinski definition) is 2. The molecule has 0 unspecified atom stereocenters. The average Bonchev–Trinajstić information content (AvgIpc) is 2.56. The Balaban J connectivity index is 2.21. The minimum Gasteiger partial charge on any atom is -0.507 e. The molecule has 4 rings (SSSR count). The van der Waals surface area contributed by atoms with E-state index >= 15 is 0 Å². The second-order valence-electron chi connectivity index (χ2n) is 5.43. The smallest absolute Gasteiger partial charge is 0.124 e. The van der Waals surface area contributed by atoms with Crippen molar-refractivity contribution in [1.82, 2.24) is 0 Å². The van der Waals surface area contributed by atoms with E-state index in [1.807, 2.05) is 60.7 Å². The van der Waals surface area contributed by atoms with E-state index in [0.29, 0.717) is 5.69 Å². The van der Waals surface area contributed by atoms with E-state index in [-0.39, 0.29) is 5.75 Å². The van der Waals surface area contributed by atoms with Gasteiger partial charge in [-0.2, -0.15) is 0 Å². The molecule has 0 amide bonds. The van der Waals surface area contributed by atoms with Gasteiger partial charge in [0.05, 0.1) is 0 Å². The monoisotopic (exact) mass is 285 g/mol. The maximum Gasteiger partial charge on any atom is 0.124 e. The van der Waals surface area contributed by atoms with Crippen LogP contribution in [0.2, 0.25) is 0 Å². The van der Waals surface area contributed by atoms with Crippen molar-refractivity contribution in [2.75, 3.05) is 5.73 Å². The summed E-state index contributed by atoms with van der Waals surface area (Å²) in [6.45, 7) is 0. The van der Waals surface area contributed by atoms with Crippen LogP contribution in [-0.4, -0.2) is 5.11 Å². The van der Waals surface area contributed by atoms with Crippen molar-refractivity contribution in [1.29, 1.82) is 0 Å². The third kappa shape index (κ3) is 1.81. The molecule has 0 aliphatic carbocycles. The van der Waals surface area contributed by atoms with Crippen molar-refractivity contribution in [2.24, 2.45) is 0 Å². The lowest BCUT2D eigenvalue weighted by molar-refractivity contribution is 0.478. The van der Waals surface area contributed by atoms with Crippen molar-refractivity contribution >= 4 is 27.2 Å². The Hall–Kier alpha value is -3.00. The molecule has 4 aromatic rings. The maximum absolute atomic E-state index is 10.5. The number of fused-ring (bicyclic) bond motifs is 2. The van der Waals surface area contributed by atoms with Crippen molar-refractivity contribution in [3.63, 3.8) is 0 Å². The first-order valence-corrected chi connectivity index (χ1v) is 7.24. The molecule has 0 radical (unpaired) electrons. The lowest BCUT2D eigenvalue weighted by Crippen LogP contribution is -1.93. The Labute approximate surface area is 128 Å². The van der Waals surface area contributed by atoms with Crippen LogP contribution >= 0.6 is 0 Å². The molecule has 0 bridgehead atoms. The molecule has 0 aliphatic rings. The predicted octanol–water partition coefficient (Wildman–Crippen LogP) is 4.95. The summed E-state index contributed by atoms with van der Waals surface area (Å²) in [5.41, 5.74) is 8.63. The molecule has 0 saturated heterocycles. The summed E-state index contributed by atoms with van der Waals surface area (Å²) in [4.78, 5) is 0. The van der Waals surface area contributed by atoms with E-state index < -0.39 is 0 Å². The normalized spacial score (nSPS) is 11.1. The number of hydrogen-bond acceptors (Lipinski definition) is 2. The van der Waals surface area contributed by atoms with Crippen molar-refractivity contribution < 1.29 is 5.11 Å². The van der Waals surface area contributed by atoms with Gasteiger partial charge >= 0.3 is 0 Å². The van der Waals surface area contributed by atoms with Gasteiger partial charge in [0.25, 0.3) is 0 Å². The number of nitrogen functional groups attached to an aromatic ring is 1. The summed E-state index contributed by atoms with van der Waals surface area (Å²) < 4.78 is 0. The molecule has 2 heteroatoms. The molecule has 0 fully saturated rings. The van der Waals surface area contributed by atoms with Gasteiger partial charge in [-0.15, -0.1) is 0 Å². The summed E-state index contributed by atoms with van der Waals surface area (Å²) in [6.07, 6.45) is 0. The summed E-state index contributed by atoms with van der Waals surface area (Å²) in [5.74, 6) is 0.252. The first-order chi connectivity index (χ1) is 10.8. The van der Waals surface area contributed by atoms with Gasteiger partial charge in [0, 0.05) is 16.8 Å². The molecule has 3 N–H and O–H groups in total. The molecule has 22 heavy (non-hydrogen) atoms. The van der Waals surface area contributed by atoms with Crippen molar-refractivity contribution in [2.45, 2.75) is 0 Å². The van der Waals surface area contributed by atoms with Crippen LogP contribution in [-0.2, 0) is 0 Å². The molecule has 106 valence electrons. The van der Waals surface area contributed by atoms with Crippen LogP contribution in [0.3, 0.4) is 0 Å². The van der Waals surface area contributed by atoms with Crippen LogP contribution < -0.4 is 5.73 Å². The van der Waals surface area contributed by atoms with Crippen LogP contribution in [0.1, 0.15) is 0 Å². The number of phenols is 1. The second-order valence-corrected chi connectivity index (χ2v) is 5.43. The highest BCUT2D eigenvalue weighted by Gasteiger charge is 2.15. The van der Waals surface area contributed by atoms with Gasteiger partial charge in [-0.3, -0.25) is 0 Å². The average molecular weight is 285 g/mol. The molecular weight excluding hydrogens is 270 g/mol. The highest BCUT2D eigenvalue weighted by Crippen LogP contribution is 2.42. The third-order valence-electron chi connectivity index (χ3n) is 4.12. The fourth-order valence-electron chi connectivity index (χ4n) is 3.09. The van der Waals surface area contributed by atoms with Gasteiger partial charge in [-0.05, 0) is 33.7 Å². The molecule has 2 nitrogen and oxygen atoms in total. The summed E-state index contributed by atoms with van der Waals surface area (Å²) in [7, 11) is 0. The molecular formula is C20H15NO. The van der Waals surface area contributed by atoms with Gasteiger partial charge in [-0.1, -0.05) is 60.7 Å². The minimum atomic E-state index is 0.252.